The number of hydrogen-bond donors (Lipinski definition) is 1. The van der Waals surface area contributed by atoms with Crippen molar-refractivity contribution in [2.45, 2.75) is 0 Å². The zero-order valence-corrected chi connectivity index (χ0v) is 9.53. The maximum Gasteiger partial charge on any atom is 2.00 e. The van der Waals surface area contributed by atoms with E-state index in [1.807, 2.05) is 0 Å². The first-order valence-corrected chi connectivity index (χ1v) is 0.565. The third kappa shape index (κ3) is 113. The van der Waals surface area contributed by atoms with E-state index in [2.05, 4.69) is 0 Å². The van der Waals surface area contributed by atoms with Crippen molar-refractivity contribution < 1.29 is 32.6 Å². The van der Waals surface area contributed by atoms with E-state index in [1.54, 1.807) is 0 Å². The second-order valence-corrected chi connectivity index (χ2v) is 0.238. The number of hydrogen-bond acceptors (Lipinski definition) is 2. The van der Waals surface area contributed by atoms with Crippen LogP contribution in [-0.2, 0) is 19.5 Å². The minimum atomic E-state index is -1.50. The summed E-state index contributed by atoms with van der Waals surface area (Å²) in [5, 5.41) is 13.6. The molecule has 0 aromatic heterocycles. The average Bonchev–Trinajstić information content (AvgIpc) is 0.811. The summed E-state index contributed by atoms with van der Waals surface area (Å²) in [6.07, 6.45) is 0. The molecule has 7 heteroatoms. The predicted octanol–water partition coefficient (Wildman–Crippen LogP) is -0.0842. The number of halogens is 1. The molecule has 0 aliphatic rings. The van der Waals surface area contributed by atoms with Crippen LogP contribution in [0.25, 0.3) is 0 Å². The van der Waals surface area contributed by atoms with Crippen molar-refractivity contribution in [3.05, 3.63) is 10.1 Å². The summed E-state index contributed by atoms with van der Waals surface area (Å²) < 4.78 is 0. The van der Waals surface area contributed by atoms with Crippen LogP contribution in [0.5, 0.6) is 0 Å². The number of rotatable bonds is 0. The molecule has 0 aliphatic heterocycles. The maximum atomic E-state index is 8.36. The molecular weight excluding hydrogens is 203 g/mol. The van der Waals surface area contributed by atoms with E-state index in [-0.39, 0.29) is 72.5 Å². The van der Waals surface area contributed by atoms with E-state index >= 15 is 0 Å². The van der Waals surface area contributed by atoms with Gasteiger partial charge in [-0.1, -0.05) is 0 Å². The molecule has 1 N–H and O–H groups in total. The molecule has 0 aromatic rings. The van der Waals surface area contributed by atoms with Crippen molar-refractivity contribution in [3.63, 3.8) is 0 Å². The molecule has 0 radical (unpaired) electrons. The smallest absolute Gasteiger partial charge is 1.00 e. The van der Waals surface area contributed by atoms with Gasteiger partial charge in [0.05, 0.1) is 0 Å². The molecular formula is H4CaClNO3Zn. The molecule has 0 saturated heterocycles. The molecule has 4 nitrogen and oxygen atoms in total. The van der Waals surface area contributed by atoms with Crippen LogP contribution in [-0.4, -0.2) is 48.0 Å². The zero-order chi connectivity index (χ0) is 3.58. The largest absolute Gasteiger partial charge is 2.00 e. The molecule has 0 aliphatic carbocycles. The monoisotopic (exact) mass is 205 g/mol. The van der Waals surface area contributed by atoms with E-state index in [9.17, 15) is 0 Å². The Balaban J connectivity index is -0.00000000450. The molecule has 0 spiro atoms. The Morgan fingerprint density at radius 2 is 1.71 bits per heavy atom. The van der Waals surface area contributed by atoms with Gasteiger partial charge in [0.15, 0.2) is 0 Å². The Bertz CT molecular complexity index is 44.8. The van der Waals surface area contributed by atoms with Gasteiger partial charge in [-0.3, -0.25) is 0 Å². The second-order valence-electron chi connectivity index (χ2n) is 0.238. The fourth-order valence-electron chi connectivity index (χ4n) is 0. The molecule has 0 rings (SSSR count). The Hall–Kier alpha value is 1.37. The normalized spacial score (nSPS) is 3.43. The van der Waals surface area contributed by atoms with Gasteiger partial charge in [-0.2, -0.15) is 0 Å². The van der Waals surface area contributed by atoms with Crippen LogP contribution in [0.4, 0.5) is 0 Å². The maximum absolute atomic E-state index is 8.36. The molecule has 0 saturated carbocycles. The van der Waals surface area contributed by atoms with E-state index in [0.29, 0.717) is 0 Å². The van der Waals surface area contributed by atoms with Gasteiger partial charge in [0.25, 0.3) is 5.09 Å². The minimum Gasteiger partial charge on any atom is -1.00 e. The van der Waals surface area contributed by atoms with Crippen molar-refractivity contribution in [1.82, 2.24) is 0 Å². The Morgan fingerprint density at radius 1 is 1.71 bits per heavy atom. The Labute approximate surface area is 91.9 Å². The van der Waals surface area contributed by atoms with E-state index in [1.165, 1.54) is 0 Å². The van der Waals surface area contributed by atoms with E-state index in [0.717, 1.165) is 0 Å². The van der Waals surface area contributed by atoms with Gasteiger partial charge in [-0.15, -0.1) is 22.5 Å². The summed E-state index contributed by atoms with van der Waals surface area (Å²) in [5.41, 5.74) is 0. The van der Waals surface area contributed by atoms with Crippen LogP contribution in [0.3, 0.4) is 0 Å². The van der Waals surface area contributed by atoms with Gasteiger partial charge >= 0.3 is 37.7 Å². The quantitative estimate of drug-likeness (QED) is 0.343. The number of nitrogens with zero attached hydrogens (tertiary/aromatic N) is 1. The van der Waals surface area contributed by atoms with Crippen molar-refractivity contribution in [2.75, 3.05) is 0 Å². The Morgan fingerprint density at radius 3 is 1.71 bits per heavy atom. The third-order valence-electron chi connectivity index (χ3n) is 0. The Kier molecular flexibility index (Phi) is 53.2. The van der Waals surface area contributed by atoms with Crippen LogP contribution >= 0.6 is 12.4 Å². The molecule has 0 aromatic carbocycles. The fraction of sp³-hybridized carbons (Fsp3) is 0. The van der Waals surface area contributed by atoms with Crippen molar-refractivity contribution >= 4 is 50.1 Å². The fourth-order valence-corrected chi connectivity index (χ4v) is 0. The topological polar surface area (TPSA) is 63.4 Å². The molecule has 0 atom stereocenters. The van der Waals surface area contributed by atoms with Gasteiger partial charge in [-0.25, -0.2) is 0 Å². The average molecular weight is 207 g/mol. The SMILES string of the molecule is Cl.O=[N+]([O-])O.[Ca+2].[H-].[H-].[Zn]. The molecule has 0 amide bonds. The van der Waals surface area contributed by atoms with Crippen molar-refractivity contribution in [1.29, 1.82) is 0 Å². The van der Waals surface area contributed by atoms with Crippen LogP contribution in [0.2, 0.25) is 0 Å². The van der Waals surface area contributed by atoms with Crippen molar-refractivity contribution in [3.8, 4) is 0 Å². The van der Waals surface area contributed by atoms with Gasteiger partial charge in [0.2, 0.25) is 0 Å². The van der Waals surface area contributed by atoms with Crippen LogP contribution in [0.15, 0.2) is 0 Å². The second kappa shape index (κ2) is 15.7. The van der Waals surface area contributed by atoms with Gasteiger partial charge in [-0.05, 0) is 0 Å². The summed E-state index contributed by atoms with van der Waals surface area (Å²) in [6, 6.07) is 0. The molecule has 38 valence electrons. The molecule has 0 unspecified atom stereocenters. The predicted molar refractivity (Wildman–Crippen MR) is 24.0 cm³/mol. The zero-order valence-electron chi connectivity index (χ0n) is 5.53. The third-order valence-corrected chi connectivity index (χ3v) is 0. The minimum absolute atomic E-state index is 0. The van der Waals surface area contributed by atoms with E-state index < -0.39 is 5.09 Å². The van der Waals surface area contributed by atoms with Crippen LogP contribution in [0, 0.1) is 10.1 Å². The van der Waals surface area contributed by atoms with Crippen molar-refractivity contribution in [2.24, 2.45) is 0 Å². The van der Waals surface area contributed by atoms with Crippen LogP contribution < -0.4 is 0 Å². The summed E-state index contributed by atoms with van der Waals surface area (Å²) in [6.45, 7) is 0. The first-order chi connectivity index (χ1) is 1.73. The first-order valence-electron chi connectivity index (χ1n) is 0.565. The van der Waals surface area contributed by atoms with Gasteiger partial charge < -0.3 is 8.06 Å². The summed E-state index contributed by atoms with van der Waals surface area (Å²) in [4.78, 5) is 8.36. The van der Waals surface area contributed by atoms with Gasteiger partial charge in [0, 0.05) is 19.5 Å². The summed E-state index contributed by atoms with van der Waals surface area (Å²) >= 11 is 0. The van der Waals surface area contributed by atoms with Gasteiger partial charge in [0.1, 0.15) is 0 Å². The molecule has 7 heavy (non-hydrogen) atoms. The molecule has 0 heterocycles. The summed E-state index contributed by atoms with van der Waals surface area (Å²) in [5.74, 6) is 0. The first kappa shape index (κ1) is 23.8. The van der Waals surface area contributed by atoms with E-state index in [4.69, 9.17) is 15.3 Å². The standard InChI is InChI=1S/Ca.ClH.HNO3.Zn.2H/c;;2-1(3)4;;;/h;1H;(H,2,3,4);;;/q+2;;;;2*-1. The molecule has 0 fully saturated rings. The summed E-state index contributed by atoms with van der Waals surface area (Å²) in [7, 11) is 0. The van der Waals surface area contributed by atoms with Crippen LogP contribution in [0.1, 0.15) is 2.85 Å². The molecule has 0 bridgehead atoms.